The zero-order chi connectivity index (χ0) is 9.54. The molecule has 2 unspecified atom stereocenters. The van der Waals surface area contributed by atoms with Crippen molar-refractivity contribution in [3.05, 3.63) is 35.4 Å². The summed E-state index contributed by atoms with van der Waals surface area (Å²) in [6.45, 7) is 3.50. The molecule has 2 heterocycles. The lowest BCUT2D eigenvalue weighted by atomic mass is 9.93. The molecule has 74 valence electrons. The number of rotatable bonds is 1. The highest BCUT2D eigenvalue weighted by Crippen LogP contribution is 2.42. The van der Waals surface area contributed by atoms with Crippen molar-refractivity contribution in [2.24, 2.45) is 0 Å². The maximum Gasteiger partial charge on any atom is 0.0354 e. The molecule has 0 N–H and O–H groups in total. The van der Waals surface area contributed by atoms with Crippen LogP contribution in [0.15, 0.2) is 24.3 Å². The van der Waals surface area contributed by atoms with Crippen LogP contribution >= 0.6 is 0 Å². The van der Waals surface area contributed by atoms with E-state index in [9.17, 15) is 0 Å². The Morgan fingerprint density at radius 2 is 2.14 bits per heavy atom. The minimum absolute atomic E-state index is 0.731. The molecular formula is C13H17N. The molecule has 0 amide bonds. The molecule has 14 heavy (non-hydrogen) atoms. The van der Waals surface area contributed by atoms with Crippen molar-refractivity contribution in [2.75, 3.05) is 6.54 Å². The van der Waals surface area contributed by atoms with Crippen molar-refractivity contribution in [3.63, 3.8) is 0 Å². The van der Waals surface area contributed by atoms with Gasteiger partial charge in [0, 0.05) is 12.1 Å². The average Bonchev–Trinajstić information content (AvgIpc) is 2.53. The van der Waals surface area contributed by atoms with Crippen LogP contribution in [0.2, 0.25) is 0 Å². The Morgan fingerprint density at radius 3 is 3.00 bits per heavy atom. The van der Waals surface area contributed by atoms with Gasteiger partial charge in [-0.25, -0.2) is 0 Å². The summed E-state index contributed by atoms with van der Waals surface area (Å²) < 4.78 is 0. The van der Waals surface area contributed by atoms with Gasteiger partial charge in [0.2, 0.25) is 0 Å². The summed E-state index contributed by atoms with van der Waals surface area (Å²) in [4.78, 5) is 2.68. The van der Waals surface area contributed by atoms with Gasteiger partial charge in [-0.2, -0.15) is 0 Å². The van der Waals surface area contributed by atoms with Gasteiger partial charge >= 0.3 is 0 Å². The van der Waals surface area contributed by atoms with Crippen LogP contribution in [0.4, 0.5) is 0 Å². The Kier molecular flexibility index (Phi) is 1.88. The summed E-state index contributed by atoms with van der Waals surface area (Å²) in [6.07, 6.45) is 4.04. The maximum absolute atomic E-state index is 2.68. The molecule has 1 nitrogen and oxygen atoms in total. The van der Waals surface area contributed by atoms with Crippen LogP contribution in [-0.4, -0.2) is 17.5 Å². The summed E-state index contributed by atoms with van der Waals surface area (Å²) in [7, 11) is 0. The van der Waals surface area contributed by atoms with Crippen molar-refractivity contribution in [3.8, 4) is 0 Å². The van der Waals surface area contributed by atoms with Gasteiger partial charge in [-0.15, -0.1) is 0 Å². The lowest BCUT2D eigenvalue weighted by Gasteiger charge is -2.35. The van der Waals surface area contributed by atoms with Gasteiger partial charge < -0.3 is 0 Å². The van der Waals surface area contributed by atoms with Crippen LogP contribution in [0, 0.1) is 0 Å². The van der Waals surface area contributed by atoms with E-state index in [0.29, 0.717) is 0 Å². The number of nitrogens with zero attached hydrogens (tertiary/aromatic N) is 1. The first-order valence-electron chi connectivity index (χ1n) is 5.73. The normalized spacial score (nSPS) is 30.4. The molecular weight excluding hydrogens is 170 g/mol. The highest BCUT2D eigenvalue weighted by molar-refractivity contribution is 5.35. The van der Waals surface area contributed by atoms with Crippen molar-refractivity contribution >= 4 is 0 Å². The van der Waals surface area contributed by atoms with Gasteiger partial charge in [-0.1, -0.05) is 31.2 Å². The standard InChI is InChI=1S/C13H17N/c1-2-14-11-7-8-13(14)12-6-4-3-5-10(12)9-11/h3-6,11,13H,2,7-9H2,1H3. The molecule has 0 aliphatic carbocycles. The van der Waals surface area contributed by atoms with E-state index in [1.54, 1.807) is 11.1 Å². The number of benzene rings is 1. The monoisotopic (exact) mass is 187 g/mol. The van der Waals surface area contributed by atoms with Gasteiger partial charge in [0.05, 0.1) is 0 Å². The molecule has 1 fully saturated rings. The maximum atomic E-state index is 2.68. The molecule has 0 aromatic heterocycles. The molecule has 2 aliphatic rings. The minimum atomic E-state index is 0.731. The van der Waals surface area contributed by atoms with E-state index in [4.69, 9.17) is 0 Å². The first-order valence-corrected chi connectivity index (χ1v) is 5.73. The fourth-order valence-corrected chi connectivity index (χ4v) is 3.27. The predicted molar refractivity (Wildman–Crippen MR) is 58.3 cm³/mol. The lowest BCUT2D eigenvalue weighted by Crippen LogP contribution is -2.37. The number of fused-ring (bicyclic) bond motifs is 4. The quantitative estimate of drug-likeness (QED) is 0.653. The second-order valence-electron chi connectivity index (χ2n) is 4.48. The summed E-state index contributed by atoms with van der Waals surface area (Å²) >= 11 is 0. The summed E-state index contributed by atoms with van der Waals surface area (Å²) in [6, 6.07) is 10.6. The Hall–Kier alpha value is -0.820. The van der Waals surface area contributed by atoms with Crippen LogP contribution in [-0.2, 0) is 6.42 Å². The van der Waals surface area contributed by atoms with E-state index < -0.39 is 0 Å². The fourth-order valence-electron chi connectivity index (χ4n) is 3.27. The van der Waals surface area contributed by atoms with E-state index in [0.717, 1.165) is 12.1 Å². The third-order valence-electron chi connectivity index (χ3n) is 3.88. The zero-order valence-electron chi connectivity index (χ0n) is 8.74. The molecule has 1 heteroatoms. The smallest absolute Gasteiger partial charge is 0.0354 e. The molecule has 1 aromatic rings. The zero-order valence-corrected chi connectivity index (χ0v) is 8.74. The molecule has 2 bridgehead atoms. The minimum Gasteiger partial charge on any atom is -0.293 e. The predicted octanol–water partition coefficient (Wildman–Crippen LogP) is 2.77. The van der Waals surface area contributed by atoms with Gasteiger partial charge in [-0.05, 0) is 36.9 Å². The van der Waals surface area contributed by atoms with Gasteiger partial charge in [-0.3, -0.25) is 4.90 Å². The van der Waals surface area contributed by atoms with E-state index in [-0.39, 0.29) is 0 Å². The molecule has 0 radical (unpaired) electrons. The SMILES string of the molecule is CCN1C2CCC1c1ccccc1C2. The largest absolute Gasteiger partial charge is 0.293 e. The number of hydrogen-bond acceptors (Lipinski definition) is 1. The van der Waals surface area contributed by atoms with E-state index in [1.807, 2.05) is 0 Å². The summed E-state index contributed by atoms with van der Waals surface area (Å²) in [5.41, 5.74) is 3.20. The van der Waals surface area contributed by atoms with Crippen molar-refractivity contribution in [1.29, 1.82) is 0 Å². The van der Waals surface area contributed by atoms with E-state index in [2.05, 4.69) is 36.1 Å². The Bertz CT molecular complexity index is 345. The first-order chi connectivity index (χ1) is 6.90. The number of hydrogen-bond donors (Lipinski definition) is 0. The Balaban J connectivity index is 2.06. The van der Waals surface area contributed by atoms with Crippen LogP contribution in [0.5, 0.6) is 0 Å². The highest BCUT2D eigenvalue weighted by Gasteiger charge is 2.38. The molecule has 2 aliphatic heterocycles. The van der Waals surface area contributed by atoms with Gasteiger partial charge in [0.1, 0.15) is 0 Å². The summed E-state index contributed by atoms with van der Waals surface area (Å²) in [5.74, 6) is 0. The van der Waals surface area contributed by atoms with E-state index >= 15 is 0 Å². The molecule has 1 aromatic carbocycles. The Labute approximate surface area is 85.7 Å². The van der Waals surface area contributed by atoms with Crippen molar-refractivity contribution < 1.29 is 0 Å². The van der Waals surface area contributed by atoms with Crippen LogP contribution in [0.3, 0.4) is 0 Å². The van der Waals surface area contributed by atoms with Crippen LogP contribution in [0.25, 0.3) is 0 Å². The molecule has 0 spiro atoms. The Morgan fingerprint density at radius 1 is 1.29 bits per heavy atom. The lowest BCUT2D eigenvalue weighted by molar-refractivity contribution is 0.188. The number of likely N-dealkylation sites (N-methyl/N-ethyl adjacent to an activating group) is 1. The van der Waals surface area contributed by atoms with Gasteiger partial charge in [0.25, 0.3) is 0 Å². The average molecular weight is 187 g/mol. The first kappa shape index (κ1) is 8.49. The molecule has 3 rings (SSSR count). The topological polar surface area (TPSA) is 3.24 Å². The molecule has 1 saturated heterocycles. The second kappa shape index (κ2) is 3.09. The molecule has 2 atom stereocenters. The van der Waals surface area contributed by atoms with Crippen LogP contribution in [0.1, 0.15) is 36.9 Å². The van der Waals surface area contributed by atoms with E-state index in [1.165, 1.54) is 25.8 Å². The third kappa shape index (κ3) is 1.05. The highest BCUT2D eigenvalue weighted by atomic mass is 15.2. The second-order valence-corrected chi connectivity index (χ2v) is 4.48. The van der Waals surface area contributed by atoms with Crippen molar-refractivity contribution in [1.82, 2.24) is 4.90 Å². The van der Waals surface area contributed by atoms with Crippen molar-refractivity contribution in [2.45, 2.75) is 38.3 Å². The fraction of sp³-hybridized carbons (Fsp3) is 0.538. The molecule has 0 saturated carbocycles. The van der Waals surface area contributed by atoms with Crippen LogP contribution < -0.4 is 0 Å². The summed E-state index contributed by atoms with van der Waals surface area (Å²) in [5, 5.41) is 0. The third-order valence-corrected chi connectivity index (χ3v) is 3.88. The van der Waals surface area contributed by atoms with Gasteiger partial charge in [0.15, 0.2) is 0 Å².